The van der Waals surface area contributed by atoms with Crippen LogP contribution in [0.1, 0.15) is 72.4 Å². The van der Waals surface area contributed by atoms with Gasteiger partial charge in [0.05, 0.1) is 0 Å². The standard InChI is InChI=1S/C26H33NO2/c1-8-25(4,5)19-14-15-22(29-17(3)28)24(26(6,7)9-2)23(19)21-16-18-12-10-11-13-20(18)27-21/h10-16,27H,8-9H2,1-7H3. The van der Waals surface area contributed by atoms with Gasteiger partial charge in [-0.3, -0.25) is 4.79 Å². The summed E-state index contributed by atoms with van der Waals surface area (Å²) in [6.45, 7) is 14.9. The summed E-state index contributed by atoms with van der Waals surface area (Å²) in [6.07, 6.45) is 1.95. The number of benzene rings is 2. The number of carbonyl (C=O) groups excluding carboxylic acids is 1. The van der Waals surface area contributed by atoms with Crippen LogP contribution in [0.2, 0.25) is 0 Å². The third-order valence-corrected chi connectivity index (χ3v) is 6.39. The van der Waals surface area contributed by atoms with Gasteiger partial charge in [0.25, 0.3) is 0 Å². The third-order valence-electron chi connectivity index (χ3n) is 6.39. The lowest BCUT2D eigenvalue weighted by atomic mass is 9.71. The molecule has 1 heterocycles. The van der Waals surface area contributed by atoms with Gasteiger partial charge in [-0.1, -0.05) is 65.8 Å². The van der Waals surface area contributed by atoms with Crippen LogP contribution < -0.4 is 4.74 Å². The van der Waals surface area contributed by atoms with Gasteiger partial charge in [-0.05, 0) is 47.4 Å². The van der Waals surface area contributed by atoms with Gasteiger partial charge in [-0.25, -0.2) is 0 Å². The topological polar surface area (TPSA) is 42.1 Å². The van der Waals surface area contributed by atoms with E-state index < -0.39 is 0 Å². The molecule has 0 aliphatic carbocycles. The van der Waals surface area contributed by atoms with Crippen LogP contribution in [0.3, 0.4) is 0 Å². The highest BCUT2D eigenvalue weighted by molar-refractivity contribution is 5.88. The summed E-state index contributed by atoms with van der Waals surface area (Å²) < 4.78 is 5.72. The summed E-state index contributed by atoms with van der Waals surface area (Å²) >= 11 is 0. The van der Waals surface area contributed by atoms with E-state index in [0.29, 0.717) is 5.75 Å². The Balaban J connectivity index is 2.44. The van der Waals surface area contributed by atoms with Crippen molar-refractivity contribution in [1.82, 2.24) is 4.98 Å². The molecule has 0 saturated carbocycles. The van der Waals surface area contributed by atoms with E-state index >= 15 is 0 Å². The highest BCUT2D eigenvalue weighted by atomic mass is 16.5. The van der Waals surface area contributed by atoms with Gasteiger partial charge in [0.1, 0.15) is 5.75 Å². The Morgan fingerprint density at radius 2 is 1.62 bits per heavy atom. The van der Waals surface area contributed by atoms with E-state index in [0.717, 1.165) is 29.6 Å². The second-order valence-corrected chi connectivity index (χ2v) is 9.20. The van der Waals surface area contributed by atoms with Crippen LogP contribution in [0.15, 0.2) is 42.5 Å². The molecule has 2 aromatic carbocycles. The van der Waals surface area contributed by atoms with Gasteiger partial charge < -0.3 is 9.72 Å². The van der Waals surface area contributed by atoms with Crippen LogP contribution in [0.5, 0.6) is 5.75 Å². The number of aromatic nitrogens is 1. The average molecular weight is 392 g/mol. The maximum Gasteiger partial charge on any atom is 0.308 e. The normalized spacial score (nSPS) is 12.4. The van der Waals surface area contributed by atoms with Crippen molar-refractivity contribution in [2.24, 2.45) is 0 Å². The van der Waals surface area contributed by atoms with Gasteiger partial charge >= 0.3 is 5.97 Å². The van der Waals surface area contributed by atoms with Crippen LogP contribution >= 0.6 is 0 Å². The fourth-order valence-electron chi connectivity index (χ4n) is 3.91. The van der Waals surface area contributed by atoms with E-state index in [4.69, 9.17) is 4.74 Å². The van der Waals surface area contributed by atoms with Crippen molar-refractivity contribution in [2.75, 3.05) is 0 Å². The number of hydrogen-bond donors (Lipinski definition) is 1. The first kappa shape index (κ1) is 21.2. The smallest absolute Gasteiger partial charge is 0.308 e. The first-order chi connectivity index (χ1) is 13.6. The lowest BCUT2D eigenvalue weighted by Crippen LogP contribution is -2.24. The molecule has 0 amide bonds. The number of carbonyl (C=O) groups is 1. The summed E-state index contributed by atoms with van der Waals surface area (Å²) in [5.74, 6) is 0.372. The van der Waals surface area contributed by atoms with Crippen molar-refractivity contribution in [3.05, 3.63) is 53.6 Å². The number of rotatable bonds is 6. The minimum atomic E-state index is -0.289. The van der Waals surface area contributed by atoms with E-state index in [1.54, 1.807) is 0 Å². The van der Waals surface area contributed by atoms with Crippen molar-refractivity contribution in [3.8, 4) is 17.0 Å². The molecular weight excluding hydrogens is 358 g/mol. The van der Waals surface area contributed by atoms with Gasteiger partial charge in [0, 0.05) is 34.6 Å². The van der Waals surface area contributed by atoms with E-state index in [1.165, 1.54) is 23.4 Å². The molecule has 0 fully saturated rings. The van der Waals surface area contributed by atoms with Gasteiger partial charge in [0.2, 0.25) is 0 Å². The minimum absolute atomic E-state index is 0.0139. The van der Waals surface area contributed by atoms with Crippen LogP contribution in [-0.2, 0) is 15.6 Å². The molecule has 3 aromatic rings. The molecule has 3 heteroatoms. The number of fused-ring (bicyclic) bond motifs is 1. The Morgan fingerprint density at radius 3 is 2.21 bits per heavy atom. The molecule has 0 aliphatic heterocycles. The molecule has 3 nitrogen and oxygen atoms in total. The lowest BCUT2D eigenvalue weighted by Gasteiger charge is -2.34. The summed E-state index contributed by atoms with van der Waals surface area (Å²) in [4.78, 5) is 15.5. The van der Waals surface area contributed by atoms with Crippen molar-refractivity contribution in [1.29, 1.82) is 0 Å². The molecular formula is C26H33NO2. The zero-order chi connectivity index (χ0) is 21.4. The number of aromatic amines is 1. The molecule has 0 saturated heterocycles. The molecule has 0 bridgehead atoms. The number of H-pyrrole nitrogens is 1. The Kier molecular flexibility index (Phi) is 5.62. The minimum Gasteiger partial charge on any atom is -0.426 e. The molecule has 0 unspecified atom stereocenters. The summed E-state index contributed by atoms with van der Waals surface area (Å²) in [5, 5.41) is 1.18. The van der Waals surface area contributed by atoms with Crippen molar-refractivity contribution >= 4 is 16.9 Å². The number of nitrogens with one attached hydrogen (secondary N) is 1. The maximum absolute atomic E-state index is 11.9. The van der Waals surface area contributed by atoms with Crippen molar-refractivity contribution in [3.63, 3.8) is 0 Å². The monoisotopic (exact) mass is 391 g/mol. The van der Waals surface area contributed by atoms with Crippen LogP contribution in [0.4, 0.5) is 0 Å². The molecule has 1 N–H and O–H groups in total. The first-order valence-electron chi connectivity index (χ1n) is 10.5. The summed E-state index contributed by atoms with van der Waals surface area (Å²) in [6, 6.07) is 14.7. The fourth-order valence-corrected chi connectivity index (χ4v) is 3.91. The van der Waals surface area contributed by atoms with Crippen molar-refractivity contribution < 1.29 is 9.53 Å². The van der Waals surface area contributed by atoms with Gasteiger partial charge in [-0.15, -0.1) is 0 Å². The highest BCUT2D eigenvalue weighted by Gasteiger charge is 2.33. The Hall–Kier alpha value is -2.55. The second kappa shape index (κ2) is 7.70. The Bertz CT molecular complexity index is 1010. The van der Waals surface area contributed by atoms with Gasteiger partial charge in [-0.2, -0.15) is 0 Å². The summed E-state index contributed by atoms with van der Waals surface area (Å²) in [7, 11) is 0. The molecule has 0 radical (unpaired) electrons. The zero-order valence-corrected chi connectivity index (χ0v) is 18.8. The molecule has 1 aromatic heterocycles. The van der Waals surface area contributed by atoms with E-state index in [1.807, 2.05) is 12.1 Å². The second-order valence-electron chi connectivity index (χ2n) is 9.20. The van der Waals surface area contributed by atoms with Crippen LogP contribution in [-0.4, -0.2) is 11.0 Å². The Morgan fingerprint density at radius 1 is 0.966 bits per heavy atom. The lowest BCUT2D eigenvalue weighted by molar-refractivity contribution is -0.131. The molecule has 3 rings (SSSR count). The number of para-hydroxylation sites is 1. The maximum atomic E-state index is 11.9. The molecule has 0 aliphatic rings. The third kappa shape index (κ3) is 3.96. The predicted molar refractivity (Wildman–Crippen MR) is 122 cm³/mol. The number of ether oxygens (including phenoxy) is 1. The zero-order valence-electron chi connectivity index (χ0n) is 18.8. The van der Waals surface area contributed by atoms with Crippen molar-refractivity contribution in [2.45, 2.75) is 72.1 Å². The Labute approximate surface area is 174 Å². The molecule has 0 spiro atoms. The number of esters is 1. The van der Waals surface area contributed by atoms with Crippen LogP contribution in [0, 0.1) is 0 Å². The summed E-state index contributed by atoms with van der Waals surface area (Å²) in [5.41, 5.74) is 5.56. The quantitative estimate of drug-likeness (QED) is 0.358. The largest absolute Gasteiger partial charge is 0.426 e. The van der Waals surface area contributed by atoms with Crippen LogP contribution in [0.25, 0.3) is 22.2 Å². The highest BCUT2D eigenvalue weighted by Crippen LogP contribution is 2.47. The SMILES string of the molecule is CCC(C)(C)c1ccc(OC(C)=O)c(C(C)(C)CC)c1-c1cc2ccccc2[nH]1. The fraction of sp³-hybridized carbons (Fsp3) is 0.423. The van der Waals surface area contributed by atoms with E-state index in [2.05, 4.69) is 76.9 Å². The predicted octanol–water partition coefficient (Wildman–Crippen LogP) is 7.14. The van der Waals surface area contributed by atoms with E-state index in [-0.39, 0.29) is 16.8 Å². The molecule has 0 atom stereocenters. The van der Waals surface area contributed by atoms with E-state index in [9.17, 15) is 4.79 Å². The van der Waals surface area contributed by atoms with Gasteiger partial charge in [0.15, 0.2) is 0 Å². The molecule has 154 valence electrons. The first-order valence-corrected chi connectivity index (χ1v) is 10.5. The average Bonchev–Trinajstić information content (AvgIpc) is 3.10. The number of hydrogen-bond acceptors (Lipinski definition) is 2. The molecule has 29 heavy (non-hydrogen) atoms.